The Morgan fingerprint density at radius 1 is 1.04 bits per heavy atom. The highest BCUT2D eigenvalue weighted by Crippen LogP contribution is 2.25. The van der Waals surface area contributed by atoms with Crippen LogP contribution in [-0.2, 0) is 4.79 Å². The molecule has 1 aromatic carbocycles. The van der Waals surface area contributed by atoms with Crippen LogP contribution in [0, 0.1) is 12.8 Å². The van der Waals surface area contributed by atoms with Gasteiger partial charge in [0.15, 0.2) is 5.82 Å². The molecular weight excluding hydrogens is 336 g/mol. The summed E-state index contributed by atoms with van der Waals surface area (Å²) >= 11 is 0. The molecule has 2 fully saturated rings. The topological polar surface area (TPSA) is 58.1 Å². The number of anilines is 1. The normalized spacial score (nSPS) is 20.6. The highest BCUT2D eigenvalue weighted by Gasteiger charge is 2.28. The SMILES string of the molecule is Cc1ccccc1-c1ccc(N2CCC[C@@H](C(=O)NC3CCCC3)C2)nn1. The number of hydrogen-bond donors (Lipinski definition) is 1. The lowest BCUT2D eigenvalue weighted by molar-refractivity contribution is -0.125. The van der Waals surface area contributed by atoms with Crippen molar-refractivity contribution in [3.63, 3.8) is 0 Å². The van der Waals surface area contributed by atoms with E-state index in [2.05, 4.69) is 39.5 Å². The van der Waals surface area contributed by atoms with Crippen molar-refractivity contribution >= 4 is 11.7 Å². The molecule has 1 amide bonds. The standard InChI is InChI=1S/C22H28N4O/c1-16-7-2-5-11-19(16)20-12-13-21(25-24-20)26-14-6-8-17(15-26)22(27)23-18-9-3-4-10-18/h2,5,7,11-13,17-18H,3-4,6,8-10,14-15H2,1H3,(H,23,27)/t17-/m1/s1. The number of aromatic nitrogens is 2. The van der Waals surface area contributed by atoms with Gasteiger partial charge < -0.3 is 10.2 Å². The molecule has 1 saturated heterocycles. The number of carbonyl (C=O) groups excluding carboxylic acids is 1. The van der Waals surface area contributed by atoms with E-state index in [1.807, 2.05) is 24.3 Å². The summed E-state index contributed by atoms with van der Waals surface area (Å²) in [6.45, 7) is 3.76. The van der Waals surface area contributed by atoms with Crippen molar-refractivity contribution in [1.29, 1.82) is 0 Å². The molecule has 1 N–H and O–H groups in total. The van der Waals surface area contributed by atoms with Crippen molar-refractivity contribution < 1.29 is 4.79 Å². The lowest BCUT2D eigenvalue weighted by atomic mass is 9.96. The molecule has 0 unspecified atom stereocenters. The molecule has 1 aromatic heterocycles. The Labute approximate surface area is 161 Å². The van der Waals surface area contributed by atoms with E-state index in [0.717, 1.165) is 55.8 Å². The predicted molar refractivity (Wildman–Crippen MR) is 108 cm³/mol. The van der Waals surface area contributed by atoms with Gasteiger partial charge in [-0.05, 0) is 50.3 Å². The molecule has 5 nitrogen and oxygen atoms in total. The molecule has 1 aliphatic carbocycles. The fourth-order valence-corrected chi connectivity index (χ4v) is 4.29. The Bertz CT molecular complexity index is 783. The van der Waals surface area contributed by atoms with Crippen molar-refractivity contribution in [1.82, 2.24) is 15.5 Å². The van der Waals surface area contributed by atoms with Crippen LogP contribution in [0.15, 0.2) is 36.4 Å². The molecule has 0 spiro atoms. The minimum Gasteiger partial charge on any atom is -0.354 e. The number of carbonyl (C=O) groups is 1. The number of piperidine rings is 1. The van der Waals surface area contributed by atoms with E-state index >= 15 is 0 Å². The van der Waals surface area contributed by atoms with Gasteiger partial charge in [0, 0.05) is 24.7 Å². The number of amides is 1. The van der Waals surface area contributed by atoms with Crippen LogP contribution in [-0.4, -0.2) is 35.2 Å². The quantitative estimate of drug-likeness (QED) is 0.898. The second-order valence-corrected chi connectivity index (χ2v) is 7.87. The molecule has 142 valence electrons. The van der Waals surface area contributed by atoms with E-state index in [-0.39, 0.29) is 11.8 Å². The smallest absolute Gasteiger partial charge is 0.225 e. The Kier molecular flexibility index (Phi) is 5.37. The average molecular weight is 364 g/mol. The molecule has 27 heavy (non-hydrogen) atoms. The van der Waals surface area contributed by atoms with Crippen LogP contribution in [0.25, 0.3) is 11.3 Å². The van der Waals surface area contributed by atoms with Gasteiger partial charge in [-0.25, -0.2) is 0 Å². The van der Waals surface area contributed by atoms with E-state index in [1.54, 1.807) is 0 Å². The monoisotopic (exact) mass is 364 g/mol. The van der Waals surface area contributed by atoms with Gasteiger partial charge in [0.2, 0.25) is 5.91 Å². The van der Waals surface area contributed by atoms with Gasteiger partial charge in [-0.15, -0.1) is 10.2 Å². The summed E-state index contributed by atoms with van der Waals surface area (Å²) in [5, 5.41) is 12.2. The summed E-state index contributed by atoms with van der Waals surface area (Å²) in [6, 6.07) is 12.7. The number of benzene rings is 1. The molecule has 2 heterocycles. The van der Waals surface area contributed by atoms with Crippen LogP contribution in [0.1, 0.15) is 44.1 Å². The van der Waals surface area contributed by atoms with Crippen molar-refractivity contribution in [2.45, 2.75) is 51.5 Å². The lowest BCUT2D eigenvalue weighted by Gasteiger charge is -2.33. The van der Waals surface area contributed by atoms with E-state index in [9.17, 15) is 4.79 Å². The fraction of sp³-hybridized carbons (Fsp3) is 0.500. The Morgan fingerprint density at radius 3 is 2.59 bits per heavy atom. The third-order valence-electron chi connectivity index (χ3n) is 5.89. The second-order valence-electron chi connectivity index (χ2n) is 7.87. The molecule has 1 aliphatic heterocycles. The largest absolute Gasteiger partial charge is 0.354 e. The fourth-order valence-electron chi connectivity index (χ4n) is 4.29. The number of rotatable bonds is 4. The maximum Gasteiger partial charge on any atom is 0.225 e. The third-order valence-corrected chi connectivity index (χ3v) is 5.89. The predicted octanol–water partition coefficient (Wildman–Crippen LogP) is 3.73. The van der Waals surface area contributed by atoms with Crippen LogP contribution in [0.5, 0.6) is 0 Å². The van der Waals surface area contributed by atoms with E-state index < -0.39 is 0 Å². The van der Waals surface area contributed by atoms with Gasteiger partial charge in [0.25, 0.3) is 0 Å². The summed E-state index contributed by atoms with van der Waals surface area (Å²) in [4.78, 5) is 14.8. The third kappa shape index (κ3) is 4.12. The first-order valence-electron chi connectivity index (χ1n) is 10.2. The molecule has 1 atom stereocenters. The first kappa shape index (κ1) is 18.0. The molecule has 0 bridgehead atoms. The molecular formula is C22H28N4O. The second kappa shape index (κ2) is 8.07. The molecule has 4 rings (SSSR count). The van der Waals surface area contributed by atoms with E-state index in [0.29, 0.717) is 6.04 Å². The van der Waals surface area contributed by atoms with Crippen LogP contribution >= 0.6 is 0 Å². The maximum absolute atomic E-state index is 12.6. The van der Waals surface area contributed by atoms with Gasteiger partial charge in [-0.2, -0.15) is 0 Å². The van der Waals surface area contributed by atoms with Crippen molar-refractivity contribution in [2.75, 3.05) is 18.0 Å². The van der Waals surface area contributed by atoms with Crippen molar-refractivity contribution in [3.05, 3.63) is 42.0 Å². The van der Waals surface area contributed by atoms with Crippen LogP contribution in [0.4, 0.5) is 5.82 Å². The van der Waals surface area contributed by atoms with Crippen molar-refractivity contribution in [2.24, 2.45) is 5.92 Å². The first-order valence-corrected chi connectivity index (χ1v) is 10.2. The van der Waals surface area contributed by atoms with E-state index in [4.69, 9.17) is 0 Å². The number of nitrogens with zero attached hydrogens (tertiary/aromatic N) is 3. The average Bonchev–Trinajstić information content (AvgIpc) is 3.22. The van der Waals surface area contributed by atoms with E-state index in [1.165, 1.54) is 18.4 Å². The van der Waals surface area contributed by atoms with Gasteiger partial charge in [-0.1, -0.05) is 37.1 Å². The van der Waals surface area contributed by atoms with Crippen molar-refractivity contribution in [3.8, 4) is 11.3 Å². The highest BCUT2D eigenvalue weighted by atomic mass is 16.2. The molecule has 2 aliphatic rings. The molecule has 2 aromatic rings. The molecule has 0 radical (unpaired) electrons. The van der Waals surface area contributed by atoms with Crippen LogP contribution < -0.4 is 10.2 Å². The first-order chi connectivity index (χ1) is 13.2. The zero-order valence-corrected chi connectivity index (χ0v) is 16.0. The van der Waals surface area contributed by atoms with Gasteiger partial charge in [0.05, 0.1) is 11.6 Å². The summed E-state index contributed by atoms with van der Waals surface area (Å²) in [5.74, 6) is 1.14. The summed E-state index contributed by atoms with van der Waals surface area (Å²) < 4.78 is 0. The maximum atomic E-state index is 12.6. The van der Waals surface area contributed by atoms with Crippen LogP contribution in [0.3, 0.4) is 0 Å². The lowest BCUT2D eigenvalue weighted by Crippen LogP contribution is -2.45. The van der Waals surface area contributed by atoms with Crippen LogP contribution in [0.2, 0.25) is 0 Å². The minimum atomic E-state index is 0.0530. The van der Waals surface area contributed by atoms with Gasteiger partial charge in [0.1, 0.15) is 0 Å². The van der Waals surface area contributed by atoms with Gasteiger partial charge >= 0.3 is 0 Å². The highest BCUT2D eigenvalue weighted by molar-refractivity contribution is 5.80. The zero-order chi connectivity index (χ0) is 18.6. The zero-order valence-electron chi connectivity index (χ0n) is 16.0. The Hall–Kier alpha value is -2.43. The Morgan fingerprint density at radius 2 is 1.85 bits per heavy atom. The van der Waals surface area contributed by atoms with Gasteiger partial charge in [-0.3, -0.25) is 4.79 Å². The summed E-state index contributed by atoms with van der Waals surface area (Å²) in [6.07, 6.45) is 6.73. The number of nitrogens with one attached hydrogen (secondary N) is 1. The molecule has 5 heteroatoms. The summed E-state index contributed by atoms with van der Waals surface area (Å²) in [5.41, 5.74) is 3.20. The molecule has 1 saturated carbocycles. The minimum absolute atomic E-state index is 0.0530. The summed E-state index contributed by atoms with van der Waals surface area (Å²) in [7, 11) is 0. The number of hydrogen-bond acceptors (Lipinski definition) is 4. The number of aryl methyl sites for hydroxylation is 1. The Balaban J connectivity index is 1.42.